The maximum Gasteiger partial charge on any atom is 0.336 e. The van der Waals surface area contributed by atoms with Gasteiger partial charge in [0.2, 0.25) is 0 Å². The fourth-order valence-corrected chi connectivity index (χ4v) is 2.16. The minimum atomic E-state index is -0.428. The predicted molar refractivity (Wildman–Crippen MR) is 83.7 cm³/mol. The number of thiazole rings is 1. The van der Waals surface area contributed by atoms with Gasteiger partial charge in [-0.2, -0.15) is 0 Å². The normalized spacial score (nSPS) is 10.8. The molecule has 110 valence electrons. The molecule has 0 atom stereocenters. The fourth-order valence-electron chi connectivity index (χ4n) is 1.58. The molecule has 0 aliphatic rings. The van der Waals surface area contributed by atoms with Gasteiger partial charge >= 0.3 is 5.97 Å². The van der Waals surface area contributed by atoms with Crippen molar-refractivity contribution in [2.75, 3.05) is 6.61 Å². The van der Waals surface area contributed by atoms with Crippen molar-refractivity contribution in [2.45, 2.75) is 20.3 Å². The third-order valence-electron chi connectivity index (χ3n) is 2.54. The van der Waals surface area contributed by atoms with Crippen LogP contribution in [0.4, 0.5) is 0 Å². The zero-order valence-electron chi connectivity index (χ0n) is 12.0. The van der Waals surface area contributed by atoms with Crippen LogP contribution in [0, 0.1) is 6.92 Å². The summed E-state index contributed by atoms with van der Waals surface area (Å²) < 4.78 is 10.7. The van der Waals surface area contributed by atoms with Gasteiger partial charge in [0.25, 0.3) is 0 Å². The number of esters is 1. The van der Waals surface area contributed by atoms with Gasteiger partial charge in [-0.25, -0.2) is 9.78 Å². The van der Waals surface area contributed by atoms with E-state index in [9.17, 15) is 4.79 Å². The second-order valence-corrected chi connectivity index (χ2v) is 5.43. The van der Waals surface area contributed by atoms with Crippen LogP contribution in [0.1, 0.15) is 24.0 Å². The van der Waals surface area contributed by atoms with E-state index in [2.05, 4.69) is 4.98 Å². The number of nitrogens with zero attached hydrogens (tertiary/aromatic N) is 1. The van der Waals surface area contributed by atoms with Gasteiger partial charge in [0, 0.05) is 11.5 Å². The van der Waals surface area contributed by atoms with E-state index in [-0.39, 0.29) is 0 Å². The molecule has 0 saturated carbocycles. The summed E-state index contributed by atoms with van der Waals surface area (Å²) in [5.41, 5.74) is 0.762. The average Bonchev–Trinajstić information content (AvgIpc) is 2.90. The maximum atomic E-state index is 11.7. The molecule has 1 heterocycles. The van der Waals surface area contributed by atoms with Crippen molar-refractivity contribution in [3.8, 4) is 11.5 Å². The van der Waals surface area contributed by atoms with Crippen molar-refractivity contribution < 1.29 is 14.3 Å². The summed E-state index contributed by atoms with van der Waals surface area (Å²) in [4.78, 5) is 15.9. The highest BCUT2D eigenvalue weighted by molar-refractivity contribution is 7.09. The lowest BCUT2D eigenvalue weighted by Crippen LogP contribution is -2.03. The Hall–Kier alpha value is -2.14. The molecule has 0 unspecified atom stereocenters. The third kappa shape index (κ3) is 5.04. The van der Waals surface area contributed by atoms with Crippen LogP contribution in [-0.4, -0.2) is 17.6 Å². The van der Waals surface area contributed by atoms with E-state index in [0.29, 0.717) is 12.4 Å². The number of carbonyl (C=O) groups is 1. The minimum absolute atomic E-state index is 0.428. The highest BCUT2D eigenvalue weighted by Crippen LogP contribution is 2.18. The topological polar surface area (TPSA) is 48.4 Å². The molecule has 0 radical (unpaired) electrons. The number of ether oxygens (including phenoxy) is 2. The molecule has 0 amide bonds. The summed E-state index contributed by atoms with van der Waals surface area (Å²) in [6, 6.07) is 6.99. The second kappa shape index (κ2) is 7.59. The van der Waals surface area contributed by atoms with Crippen molar-refractivity contribution in [3.63, 3.8) is 0 Å². The van der Waals surface area contributed by atoms with Gasteiger partial charge in [-0.15, -0.1) is 11.3 Å². The second-order valence-electron chi connectivity index (χ2n) is 4.37. The van der Waals surface area contributed by atoms with Crippen LogP contribution in [-0.2, 0) is 4.79 Å². The zero-order chi connectivity index (χ0) is 15.1. The number of hydrogen-bond acceptors (Lipinski definition) is 5. The van der Waals surface area contributed by atoms with E-state index < -0.39 is 5.97 Å². The smallest absolute Gasteiger partial charge is 0.336 e. The molecule has 1 aromatic heterocycles. The van der Waals surface area contributed by atoms with Gasteiger partial charge in [-0.05, 0) is 43.7 Å². The van der Waals surface area contributed by atoms with Crippen LogP contribution in [0.2, 0.25) is 0 Å². The van der Waals surface area contributed by atoms with Crippen molar-refractivity contribution >= 4 is 23.4 Å². The lowest BCUT2D eigenvalue weighted by Gasteiger charge is -2.05. The first-order chi connectivity index (χ1) is 10.2. The molecule has 0 spiro atoms. The molecule has 0 aliphatic heterocycles. The molecule has 0 N–H and O–H groups in total. The first-order valence-electron chi connectivity index (χ1n) is 6.72. The standard InChI is InChI=1S/C16H17NO3S/c1-3-10-19-14-5-7-15(8-6-14)20-16(18)9-4-13-11-21-12(2)17-13/h4-9,11H,3,10H2,1-2H3/b9-4+. The Bertz CT molecular complexity index is 617. The molecule has 2 aromatic rings. The number of aryl methyl sites for hydroxylation is 1. The zero-order valence-corrected chi connectivity index (χ0v) is 12.9. The van der Waals surface area contributed by atoms with E-state index in [1.54, 1.807) is 30.3 Å². The Balaban J connectivity index is 1.88. The highest BCUT2D eigenvalue weighted by Gasteiger charge is 2.02. The van der Waals surface area contributed by atoms with E-state index >= 15 is 0 Å². The van der Waals surface area contributed by atoms with Gasteiger partial charge in [0.15, 0.2) is 0 Å². The van der Waals surface area contributed by atoms with E-state index in [4.69, 9.17) is 9.47 Å². The van der Waals surface area contributed by atoms with Crippen molar-refractivity contribution in [1.29, 1.82) is 0 Å². The summed E-state index contributed by atoms with van der Waals surface area (Å²) in [5.74, 6) is 0.830. The van der Waals surface area contributed by atoms with Crippen LogP contribution in [0.25, 0.3) is 6.08 Å². The van der Waals surface area contributed by atoms with Crippen molar-refractivity contribution in [1.82, 2.24) is 4.98 Å². The average molecular weight is 303 g/mol. The number of aromatic nitrogens is 1. The quantitative estimate of drug-likeness (QED) is 0.462. The SMILES string of the molecule is CCCOc1ccc(OC(=O)/C=C/c2csc(C)n2)cc1. The van der Waals surface area contributed by atoms with Gasteiger partial charge < -0.3 is 9.47 Å². The lowest BCUT2D eigenvalue weighted by atomic mass is 10.3. The summed E-state index contributed by atoms with van der Waals surface area (Å²) >= 11 is 1.54. The Morgan fingerprint density at radius 1 is 1.29 bits per heavy atom. The Labute approximate surface area is 128 Å². The van der Waals surface area contributed by atoms with E-state index in [1.807, 2.05) is 19.2 Å². The molecule has 1 aromatic carbocycles. The number of benzene rings is 1. The first kappa shape index (κ1) is 15.3. The number of carbonyl (C=O) groups excluding carboxylic acids is 1. The molecule has 0 fully saturated rings. The van der Waals surface area contributed by atoms with E-state index in [1.165, 1.54) is 17.4 Å². The van der Waals surface area contributed by atoms with Crippen LogP contribution >= 0.6 is 11.3 Å². The summed E-state index contributed by atoms with van der Waals surface area (Å²) in [7, 11) is 0. The molecule has 21 heavy (non-hydrogen) atoms. The molecule has 0 aliphatic carbocycles. The lowest BCUT2D eigenvalue weighted by molar-refractivity contribution is -0.128. The predicted octanol–water partition coefficient (Wildman–Crippen LogP) is 3.86. The summed E-state index contributed by atoms with van der Waals surface area (Å²) in [6.07, 6.45) is 3.97. The van der Waals surface area contributed by atoms with Crippen molar-refractivity contribution in [2.24, 2.45) is 0 Å². The van der Waals surface area contributed by atoms with Gasteiger partial charge in [-0.3, -0.25) is 0 Å². The summed E-state index contributed by atoms with van der Waals surface area (Å²) in [6.45, 7) is 4.64. The van der Waals surface area contributed by atoms with Crippen LogP contribution < -0.4 is 9.47 Å². The Morgan fingerprint density at radius 2 is 2.00 bits per heavy atom. The molecule has 4 nitrogen and oxygen atoms in total. The van der Waals surface area contributed by atoms with Crippen LogP contribution in [0.3, 0.4) is 0 Å². The number of rotatable bonds is 6. The first-order valence-corrected chi connectivity index (χ1v) is 7.60. The molecule has 2 rings (SSSR count). The largest absolute Gasteiger partial charge is 0.494 e. The van der Waals surface area contributed by atoms with E-state index in [0.717, 1.165) is 22.9 Å². The summed E-state index contributed by atoms with van der Waals surface area (Å²) in [5, 5.41) is 2.85. The Morgan fingerprint density at radius 3 is 2.62 bits per heavy atom. The van der Waals surface area contributed by atoms with Gasteiger partial charge in [0.1, 0.15) is 11.5 Å². The maximum absolute atomic E-state index is 11.7. The molecular weight excluding hydrogens is 286 g/mol. The fraction of sp³-hybridized carbons (Fsp3) is 0.250. The minimum Gasteiger partial charge on any atom is -0.494 e. The van der Waals surface area contributed by atoms with Crippen molar-refractivity contribution in [3.05, 3.63) is 46.4 Å². The highest BCUT2D eigenvalue weighted by atomic mass is 32.1. The van der Waals surface area contributed by atoms with Gasteiger partial charge in [-0.1, -0.05) is 6.92 Å². The molecule has 0 saturated heterocycles. The van der Waals surface area contributed by atoms with Crippen LogP contribution in [0.15, 0.2) is 35.7 Å². The third-order valence-corrected chi connectivity index (χ3v) is 3.33. The Kier molecular flexibility index (Phi) is 5.51. The molecule has 5 heteroatoms. The molecule has 0 bridgehead atoms. The van der Waals surface area contributed by atoms with Crippen LogP contribution in [0.5, 0.6) is 11.5 Å². The number of hydrogen-bond donors (Lipinski definition) is 0. The molecular formula is C16H17NO3S. The van der Waals surface area contributed by atoms with Gasteiger partial charge in [0.05, 0.1) is 17.3 Å². The monoisotopic (exact) mass is 303 g/mol.